The molecule has 0 radical (unpaired) electrons. The summed E-state index contributed by atoms with van der Waals surface area (Å²) in [5, 5.41) is 12.2. The molecule has 1 aliphatic carbocycles. The largest absolute Gasteiger partial charge is 0.481 e. The van der Waals surface area contributed by atoms with Crippen LogP contribution in [0.25, 0.3) is 0 Å². The lowest BCUT2D eigenvalue weighted by atomic mass is 9.85. The zero-order chi connectivity index (χ0) is 14.8. The van der Waals surface area contributed by atoms with Gasteiger partial charge in [-0.3, -0.25) is 9.59 Å². The number of benzene rings is 1. The van der Waals surface area contributed by atoms with Crippen molar-refractivity contribution in [3.8, 4) is 0 Å². The predicted molar refractivity (Wildman–Crippen MR) is 79.1 cm³/mol. The quantitative estimate of drug-likeness (QED) is 0.838. The van der Waals surface area contributed by atoms with E-state index >= 15 is 0 Å². The summed E-state index contributed by atoms with van der Waals surface area (Å²) in [7, 11) is 0. The molecular weight excluding hydrogens is 274 g/mol. The Kier molecular flexibility index (Phi) is 4.38. The second-order valence-corrected chi connectivity index (χ2v) is 6.25. The van der Waals surface area contributed by atoms with Crippen molar-refractivity contribution in [2.75, 3.05) is 6.26 Å². The Morgan fingerprint density at radius 3 is 2.55 bits per heavy atom. The van der Waals surface area contributed by atoms with Crippen molar-refractivity contribution < 1.29 is 14.7 Å². The van der Waals surface area contributed by atoms with Gasteiger partial charge >= 0.3 is 5.97 Å². The number of rotatable bonds is 4. The second kappa shape index (κ2) is 5.87. The Morgan fingerprint density at radius 1 is 1.35 bits per heavy atom. The molecule has 1 aliphatic rings. The molecule has 2 unspecified atom stereocenters. The third kappa shape index (κ3) is 2.82. The lowest BCUT2D eigenvalue weighted by molar-refractivity contribution is -0.148. The summed E-state index contributed by atoms with van der Waals surface area (Å²) in [6.45, 7) is 1.71. The van der Waals surface area contributed by atoms with Gasteiger partial charge in [-0.15, -0.1) is 11.8 Å². The van der Waals surface area contributed by atoms with E-state index in [9.17, 15) is 14.7 Å². The number of nitrogens with one attached hydrogen (secondary N) is 1. The Morgan fingerprint density at radius 2 is 2.00 bits per heavy atom. The highest BCUT2D eigenvalue weighted by Gasteiger charge is 2.45. The van der Waals surface area contributed by atoms with E-state index in [0.29, 0.717) is 12.0 Å². The van der Waals surface area contributed by atoms with E-state index in [1.165, 1.54) is 0 Å². The summed E-state index contributed by atoms with van der Waals surface area (Å²) in [5.74, 6) is -1.03. The Hall–Kier alpha value is -1.49. The number of thioether (sulfide) groups is 1. The molecule has 2 N–H and O–H groups in total. The molecule has 2 rings (SSSR count). The molecule has 0 heterocycles. The summed E-state index contributed by atoms with van der Waals surface area (Å²) in [6, 6.07) is 7.03. The maximum Gasteiger partial charge on any atom is 0.311 e. The molecular formula is C15H19NO3S. The molecule has 1 aromatic rings. The minimum Gasteiger partial charge on any atom is -0.481 e. The molecule has 20 heavy (non-hydrogen) atoms. The summed E-state index contributed by atoms with van der Waals surface area (Å²) in [4.78, 5) is 24.7. The molecule has 1 saturated carbocycles. The van der Waals surface area contributed by atoms with Crippen molar-refractivity contribution in [2.45, 2.75) is 37.1 Å². The van der Waals surface area contributed by atoms with Crippen LogP contribution in [0.15, 0.2) is 29.2 Å². The third-order valence-corrected chi connectivity index (χ3v) is 4.85. The Bertz CT molecular complexity index is 514. The first-order valence-electron chi connectivity index (χ1n) is 6.65. The van der Waals surface area contributed by atoms with E-state index in [1.54, 1.807) is 30.8 Å². The Labute approximate surface area is 123 Å². The number of hydrogen-bond donors (Lipinski definition) is 2. The number of carbonyl (C=O) groups excluding carboxylic acids is 1. The highest BCUT2D eigenvalue weighted by molar-refractivity contribution is 7.98. The van der Waals surface area contributed by atoms with Crippen LogP contribution in [-0.2, 0) is 4.79 Å². The van der Waals surface area contributed by atoms with Gasteiger partial charge < -0.3 is 10.4 Å². The summed E-state index contributed by atoms with van der Waals surface area (Å²) < 4.78 is 0. The fourth-order valence-electron chi connectivity index (χ4n) is 2.64. The number of carboxylic acids is 1. The first kappa shape index (κ1) is 14.9. The standard InChI is InChI=1S/C15H19NO3S/c1-15(14(18)19)9-3-4-12(15)16-13(17)10-5-7-11(20-2)8-6-10/h5-8,12H,3-4,9H2,1-2H3,(H,16,17)(H,18,19). The lowest BCUT2D eigenvalue weighted by Gasteiger charge is -2.27. The third-order valence-electron chi connectivity index (χ3n) is 4.10. The molecule has 5 heteroatoms. The van der Waals surface area contributed by atoms with E-state index < -0.39 is 11.4 Å². The molecule has 4 nitrogen and oxygen atoms in total. The summed E-state index contributed by atoms with van der Waals surface area (Å²) in [6.07, 6.45) is 4.14. The molecule has 1 amide bonds. The molecule has 0 aliphatic heterocycles. The van der Waals surface area contributed by atoms with Gasteiger partial charge in [-0.25, -0.2) is 0 Å². The van der Waals surface area contributed by atoms with Crippen molar-refractivity contribution >= 4 is 23.6 Å². The molecule has 0 saturated heterocycles. The van der Waals surface area contributed by atoms with E-state index in [0.717, 1.165) is 17.7 Å². The molecule has 108 valence electrons. The van der Waals surface area contributed by atoms with Gasteiger partial charge in [-0.2, -0.15) is 0 Å². The molecule has 0 spiro atoms. The van der Waals surface area contributed by atoms with Crippen LogP contribution in [-0.4, -0.2) is 29.3 Å². The number of amides is 1. The van der Waals surface area contributed by atoms with Crippen LogP contribution in [0.4, 0.5) is 0 Å². The summed E-state index contributed by atoms with van der Waals surface area (Å²) >= 11 is 1.62. The van der Waals surface area contributed by atoms with Gasteiger partial charge in [0.1, 0.15) is 0 Å². The summed E-state index contributed by atoms with van der Waals surface area (Å²) in [5.41, 5.74) is -0.281. The highest BCUT2D eigenvalue weighted by Crippen LogP contribution is 2.38. The topological polar surface area (TPSA) is 66.4 Å². The highest BCUT2D eigenvalue weighted by atomic mass is 32.2. The zero-order valence-corrected chi connectivity index (χ0v) is 12.5. The molecule has 0 bridgehead atoms. The van der Waals surface area contributed by atoms with Gasteiger partial charge in [-0.05, 0) is 50.3 Å². The van der Waals surface area contributed by atoms with Crippen molar-refractivity contribution in [3.63, 3.8) is 0 Å². The van der Waals surface area contributed by atoms with E-state index in [1.807, 2.05) is 18.4 Å². The van der Waals surface area contributed by atoms with Crippen LogP contribution in [0.2, 0.25) is 0 Å². The number of carbonyl (C=O) groups is 2. The van der Waals surface area contributed by atoms with Crippen molar-refractivity contribution in [3.05, 3.63) is 29.8 Å². The van der Waals surface area contributed by atoms with Crippen LogP contribution in [0.3, 0.4) is 0 Å². The van der Waals surface area contributed by atoms with E-state index in [-0.39, 0.29) is 11.9 Å². The fraction of sp³-hybridized carbons (Fsp3) is 0.467. The van der Waals surface area contributed by atoms with Crippen molar-refractivity contribution in [2.24, 2.45) is 5.41 Å². The van der Waals surface area contributed by atoms with Crippen molar-refractivity contribution in [1.82, 2.24) is 5.32 Å². The zero-order valence-electron chi connectivity index (χ0n) is 11.7. The second-order valence-electron chi connectivity index (χ2n) is 5.37. The molecule has 2 atom stereocenters. The SMILES string of the molecule is CSc1ccc(C(=O)NC2CCCC2(C)C(=O)O)cc1. The van der Waals surface area contributed by atoms with Crippen LogP contribution < -0.4 is 5.32 Å². The van der Waals surface area contributed by atoms with Crippen LogP contribution in [0.1, 0.15) is 36.5 Å². The Balaban J connectivity index is 2.09. The molecule has 1 fully saturated rings. The van der Waals surface area contributed by atoms with Crippen LogP contribution in [0.5, 0.6) is 0 Å². The first-order chi connectivity index (χ1) is 9.47. The number of aliphatic carboxylic acids is 1. The van der Waals surface area contributed by atoms with E-state index in [2.05, 4.69) is 5.32 Å². The van der Waals surface area contributed by atoms with Gasteiger partial charge in [0.05, 0.1) is 5.41 Å². The predicted octanol–water partition coefficient (Wildman–Crippen LogP) is 2.78. The van der Waals surface area contributed by atoms with Gasteiger partial charge in [0, 0.05) is 16.5 Å². The fourth-order valence-corrected chi connectivity index (χ4v) is 3.05. The maximum absolute atomic E-state index is 12.2. The minimum atomic E-state index is -0.852. The molecule has 0 aromatic heterocycles. The van der Waals surface area contributed by atoms with E-state index in [4.69, 9.17) is 0 Å². The van der Waals surface area contributed by atoms with Crippen LogP contribution >= 0.6 is 11.8 Å². The van der Waals surface area contributed by atoms with Gasteiger partial charge in [0.25, 0.3) is 5.91 Å². The average Bonchev–Trinajstić information content (AvgIpc) is 2.81. The average molecular weight is 293 g/mol. The molecule has 1 aromatic carbocycles. The number of hydrogen-bond acceptors (Lipinski definition) is 3. The first-order valence-corrected chi connectivity index (χ1v) is 7.88. The normalized spacial score (nSPS) is 25.4. The van der Waals surface area contributed by atoms with Gasteiger partial charge in [0.15, 0.2) is 0 Å². The van der Waals surface area contributed by atoms with Gasteiger partial charge in [-0.1, -0.05) is 6.42 Å². The smallest absolute Gasteiger partial charge is 0.311 e. The monoisotopic (exact) mass is 293 g/mol. The van der Waals surface area contributed by atoms with Crippen LogP contribution in [0, 0.1) is 5.41 Å². The lowest BCUT2D eigenvalue weighted by Crippen LogP contribution is -2.47. The minimum absolute atomic E-state index is 0.197. The number of carboxylic acid groups (broad SMARTS) is 1. The van der Waals surface area contributed by atoms with Gasteiger partial charge in [0.2, 0.25) is 0 Å². The van der Waals surface area contributed by atoms with Crippen molar-refractivity contribution in [1.29, 1.82) is 0 Å². The maximum atomic E-state index is 12.2.